The molecular formula is C25H31N3O4S. The van der Waals surface area contributed by atoms with Gasteiger partial charge in [0.05, 0.1) is 18.7 Å². The average Bonchev–Trinajstić information content (AvgIpc) is 3.35. The third-order valence-corrected chi connectivity index (χ3v) is 5.71. The van der Waals surface area contributed by atoms with Gasteiger partial charge in [-0.1, -0.05) is 54.6 Å². The van der Waals surface area contributed by atoms with Crippen molar-refractivity contribution >= 4 is 28.1 Å². The van der Waals surface area contributed by atoms with Gasteiger partial charge in [0.2, 0.25) is 0 Å². The van der Waals surface area contributed by atoms with Crippen molar-refractivity contribution in [3.05, 3.63) is 71.4 Å². The molecule has 2 aromatic carbocycles. The number of nitrogens with zero attached hydrogens (tertiary/aromatic N) is 1. The minimum atomic E-state index is -1.13. The number of anilines is 1. The molecule has 0 saturated carbocycles. The molecule has 0 radical (unpaired) electrons. The number of hydrogen-bond acceptors (Lipinski definition) is 7. The van der Waals surface area contributed by atoms with Crippen LogP contribution in [0.15, 0.2) is 60.1 Å². The van der Waals surface area contributed by atoms with Crippen LogP contribution >= 0.6 is 11.3 Å². The lowest BCUT2D eigenvalue weighted by Crippen LogP contribution is -2.30. The Morgan fingerprint density at radius 1 is 1.09 bits per heavy atom. The molecule has 1 fully saturated rings. The molecule has 7 nitrogen and oxygen atoms in total. The van der Waals surface area contributed by atoms with Gasteiger partial charge >= 0.3 is 5.97 Å². The van der Waals surface area contributed by atoms with E-state index in [4.69, 9.17) is 9.84 Å². The highest BCUT2D eigenvalue weighted by Gasteiger charge is 2.25. The molecule has 176 valence electrons. The molecule has 1 saturated heterocycles. The maximum absolute atomic E-state index is 11.6. The summed E-state index contributed by atoms with van der Waals surface area (Å²) >= 11 is 1.27. The van der Waals surface area contributed by atoms with Crippen LogP contribution in [0.5, 0.6) is 0 Å². The Bertz CT molecular complexity index is 992. The summed E-state index contributed by atoms with van der Waals surface area (Å²) in [5.74, 6) is -2.66. The molecule has 1 aliphatic heterocycles. The Morgan fingerprint density at radius 3 is 2.24 bits per heavy atom. The fourth-order valence-electron chi connectivity index (χ4n) is 2.95. The lowest BCUT2D eigenvalue weighted by atomic mass is 10.0. The van der Waals surface area contributed by atoms with E-state index >= 15 is 0 Å². The number of carboxylic acid groups (broad SMARTS) is 1. The summed E-state index contributed by atoms with van der Waals surface area (Å²) < 4.78 is 5.01. The molecule has 0 spiro atoms. The predicted molar refractivity (Wildman–Crippen MR) is 133 cm³/mol. The highest BCUT2D eigenvalue weighted by molar-refractivity contribution is 7.14. The third-order valence-electron chi connectivity index (χ3n) is 4.87. The second kappa shape index (κ2) is 14.2. The van der Waals surface area contributed by atoms with E-state index in [0.717, 1.165) is 26.3 Å². The van der Waals surface area contributed by atoms with Crippen molar-refractivity contribution in [3.63, 3.8) is 0 Å². The number of nitrogens with one attached hydrogen (secondary N) is 2. The molecule has 3 aromatic rings. The lowest BCUT2D eigenvalue weighted by Gasteiger charge is -2.10. The lowest BCUT2D eigenvalue weighted by molar-refractivity contribution is -0.139. The Labute approximate surface area is 198 Å². The molecule has 1 unspecified atom stereocenters. The standard InChI is InChI=1S/C13H12.C8H10N2O3S.C4H9NO/c1-11-7-5-6-10-13(11)12-8-3-2-4-9-12;1-4(8(12)13)6(11)5-7(9-2)14-3-10-5;1-3-6-4-2-5-1/h2-10H,1H3;3-4,9H,1-2H3,(H,12,13);5H,1-4H2. The number of ether oxygens (including phenoxy) is 1. The minimum absolute atomic E-state index is 0.201. The van der Waals surface area contributed by atoms with E-state index in [9.17, 15) is 9.59 Å². The zero-order valence-electron chi connectivity index (χ0n) is 19.2. The van der Waals surface area contributed by atoms with Crippen LogP contribution in [0.2, 0.25) is 0 Å². The number of morpholine rings is 1. The maximum atomic E-state index is 11.6. The smallest absolute Gasteiger partial charge is 0.314 e. The molecule has 8 heteroatoms. The average molecular weight is 470 g/mol. The van der Waals surface area contributed by atoms with Gasteiger partial charge in [-0.3, -0.25) is 9.59 Å². The number of aliphatic carboxylic acids is 1. The van der Waals surface area contributed by atoms with Gasteiger partial charge in [-0.05, 0) is 30.5 Å². The summed E-state index contributed by atoms with van der Waals surface area (Å²) in [6, 6.07) is 18.9. The highest BCUT2D eigenvalue weighted by atomic mass is 32.1. The number of carbonyl (C=O) groups is 2. The number of aryl methyl sites for hydroxylation is 1. The fraction of sp³-hybridized carbons (Fsp3) is 0.320. The second-order valence-corrected chi connectivity index (χ2v) is 8.10. The van der Waals surface area contributed by atoms with Crippen LogP contribution in [0.25, 0.3) is 11.1 Å². The molecule has 33 heavy (non-hydrogen) atoms. The van der Waals surface area contributed by atoms with Crippen molar-refractivity contribution in [3.8, 4) is 11.1 Å². The number of hydrogen-bond donors (Lipinski definition) is 3. The molecule has 1 aliphatic rings. The van der Waals surface area contributed by atoms with Gasteiger partial charge in [-0.15, -0.1) is 11.3 Å². The Balaban J connectivity index is 0.000000188. The number of Topliss-reactive ketones (excluding diaryl/α,β-unsaturated/α-hetero) is 1. The summed E-state index contributed by atoms with van der Waals surface area (Å²) in [6.07, 6.45) is 0. The minimum Gasteiger partial charge on any atom is -0.481 e. The number of rotatable bonds is 5. The van der Waals surface area contributed by atoms with E-state index in [-0.39, 0.29) is 5.69 Å². The Hall–Kier alpha value is -3.07. The number of ketones is 1. The van der Waals surface area contributed by atoms with Crippen molar-refractivity contribution in [2.45, 2.75) is 13.8 Å². The molecule has 0 amide bonds. The van der Waals surface area contributed by atoms with Crippen molar-refractivity contribution < 1.29 is 19.4 Å². The molecule has 0 aliphatic carbocycles. The summed E-state index contributed by atoms with van der Waals surface area (Å²) in [7, 11) is 1.66. The molecule has 2 heterocycles. The highest BCUT2D eigenvalue weighted by Crippen LogP contribution is 2.23. The zero-order valence-corrected chi connectivity index (χ0v) is 20.0. The molecule has 0 bridgehead atoms. The van der Waals surface area contributed by atoms with Crippen LogP contribution in [0.4, 0.5) is 5.00 Å². The van der Waals surface area contributed by atoms with E-state index in [1.54, 1.807) is 7.05 Å². The van der Waals surface area contributed by atoms with Crippen molar-refractivity contribution in [2.75, 3.05) is 38.7 Å². The number of benzene rings is 2. The Kier molecular flexibility index (Phi) is 11.2. The van der Waals surface area contributed by atoms with Gasteiger partial charge in [0.25, 0.3) is 0 Å². The van der Waals surface area contributed by atoms with E-state index in [0.29, 0.717) is 5.00 Å². The molecule has 1 aromatic heterocycles. The topological polar surface area (TPSA) is 101 Å². The van der Waals surface area contributed by atoms with Gasteiger partial charge in [0, 0.05) is 20.1 Å². The molecule has 4 rings (SSSR count). The van der Waals surface area contributed by atoms with E-state index < -0.39 is 17.7 Å². The number of carboxylic acids is 1. The van der Waals surface area contributed by atoms with Crippen molar-refractivity contribution in [2.24, 2.45) is 5.92 Å². The zero-order chi connectivity index (χ0) is 24.1. The predicted octanol–water partition coefficient (Wildman–Crippen LogP) is 4.36. The summed E-state index contributed by atoms with van der Waals surface area (Å²) in [4.78, 5) is 26.0. The molecular weight excluding hydrogens is 438 g/mol. The van der Waals surface area contributed by atoms with Crippen LogP contribution in [-0.2, 0) is 9.53 Å². The first-order chi connectivity index (χ1) is 16.0. The van der Waals surface area contributed by atoms with Crippen LogP contribution < -0.4 is 10.6 Å². The van der Waals surface area contributed by atoms with Gasteiger partial charge < -0.3 is 20.5 Å². The first kappa shape index (κ1) is 26.2. The third kappa shape index (κ3) is 8.42. The SMILES string of the molecule is C1COCCN1.CNc1scnc1C(=O)C(C)C(=O)O.Cc1ccccc1-c1ccccc1. The van der Waals surface area contributed by atoms with Crippen molar-refractivity contribution in [1.29, 1.82) is 0 Å². The molecule has 1 atom stereocenters. The monoisotopic (exact) mass is 469 g/mol. The van der Waals surface area contributed by atoms with Gasteiger partial charge in [0.15, 0.2) is 5.78 Å². The summed E-state index contributed by atoms with van der Waals surface area (Å²) in [5.41, 5.74) is 5.65. The number of thiazole rings is 1. The van der Waals surface area contributed by atoms with Crippen LogP contribution in [0, 0.1) is 12.8 Å². The van der Waals surface area contributed by atoms with Crippen LogP contribution in [-0.4, -0.2) is 55.2 Å². The first-order valence-corrected chi connectivity index (χ1v) is 11.6. The van der Waals surface area contributed by atoms with E-state index in [2.05, 4.69) is 71.1 Å². The van der Waals surface area contributed by atoms with E-state index in [1.807, 2.05) is 6.07 Å². The Morgan fingerprint density at radius 2 is 1.73 bits per heavy atom. The van der Waals surface area contributed by atoms with Crippen molar-refractivity contribution in [1.82, 2.24) is 10.3 Å². The first-order valence-electron chi connectivity index (χ1n) is 10.7. The summed E-state index contributed by atoms with van der Waals surface area (Å²) in [6.45, 7) is 7.33. The normalized spacial score (nSPS) is 13.4. The summed E-state index contributed by atoms with van der Waals surface area (Å²) in [5, 5.41) is 15.2. The largest absolute Gasteiger partial charge is 0.481 e. The number of aromatic nitrogens is 1. The maximum Gasteiger partial charge on any atom is 0.314 e. The van der Waals surface area contributed by atoms with Gasteiger partial charge in [-0.2, -0.15) is 0 Å². The number of carbonyl (C=O) groups excluding carboxylic acids is 1. The van der Waals surface area contributed by atoms with Gasteiger partial charge in [-0.25, -0.2) is 4.98 Å². The molecule has 3 N–H and O–H groups in total. The quantitative estimate of drug-likeness (QED) is 0.377. The van der Waals surface area contributed by atoms with E-state index in [1.165, 1.54) is 40.5 Å². The fourth-order valence-corrected chi connectivity index (χ4v) is 3.59. The van der Waals surface area contributed by atoms with Gasteiger partial charge in [0.1, 0.15) is 16.6 Å². The van der Waals surface area contributed by atoms with Crippen LogP contribution in [0.3, 0.4) is 0 Å². The van der Waals surface area contributed by atoms with Crippen LogP contribution in [0.1, 0.15) is 23.0 Å². The second-order valence-electron chi connectivity index (χ2n) is 7.25.